The van der Waals surface area contributed by atoms with Crippen LogP contribution in [0.5, 0.6) is 0 Å². The zero-order valence-electron chi connectivity index (χ0n) is 10.7. The maximum absolute atomic E-state index is 11.9. The second kappa shape index (κ2) is 6.15. The zero-order chi connectivity index (χ0) is 13.8. The second-order valence-electron chi connectivity index (χ2n) is 5.32. The highest BCUT2D eigenvalue weighted by Gasteiger charge is 2.33. The molecule has 3 atom stereocenters. The molecule has 3 unspecified atom stereocenters. The van der Waals surface area contributed by atoms with Crippen LogP contribution in [-0.2, 0) is 9.59 Å². The first kappa shape index (κ1) is 14.9. The van der Waals surface area contributed by atoms with E-state index < -0.39 is 18.0 Å². The Kier molecular flexibility index (Phi) is 5.10. The lowest BCUT2D eigenvalue weighted by atomic mass is 9.94. The molecule has 1 saturated carbocycles. The van der Waals surface area contributed by atoms with Crippen LogP contribution in [0.1, 0.15) is 32.6 Å². The minimum atomic E-state index is -1.42. The molecule has 1 aliphatic carbocycles. The molecule has 6 nitrogen and oxygen atoms in total. The van der Waals surface area contributed by atoms with Gasteiger partial charge in [0, 0.05) is 12.5 Å². The summed E-state index contributed by atoms with van der Waals surface area (Å²) in [7, 11) is 0. The summed E-state index contributed by atoms with van der Waals surface area (Å²) in [4.78, 5) is 22.4. The van der Waals surface area contributed by atoms with Gasteiger partial charge in [-0.05, 0) is 32.2 Å². The van der Waals surface area contributed by atoms with Crippen LogP contribution in [0.3, 0.4) is 0 Å². The number of nitrogens with one attached hydrogen (secondary N) is 1. The van der Waals surface area contributed by atoms with Gasteiger partial charge >= 0.3 is 5.97 Å². The van der Waals surface area contributed by atoms with Crippen LogP contribution in [-0.4, -0.2) is 40.8 Å². The van der Waals surface area contributed by atoms with Gasteiger partial charge in [-0.25, -0.2) is 0 Å². The zero-order valence-corrected chi connectivity index (χ0v) is 10.7. The predicted molar refractivity (Wildman–Crippen MR) is 65.8 cm³/mol. The van der Waals surface area contributed by atoms with Crippen molar-refractivity contribution in [3.63, 3.8) is 0 Å². The summed E-state index contributed by atoms with van der Waals surface area (Å²) < 4.78 is 0. The first-order chi connectivity index (χ1) is 8.35. The first-order valence-corrected chi connectivity index (χ1v) is 6.27. The Morgan fingerprint density at radius 1 is 1.44 bits per heavy atom. The van der Waals surface area contributed by atoms with Gasteiger partial charge < -0.3 is 21.3 Å². The molecule has 0 aromatic heterocycles. The SMILES string of the molecule is CC(O)(CNC(=O)C1CCCC1CN)CC(=O)O. The number of carbonyl (C=O) groups excluding carboxylic acids is 1. The summed E-state index contributed by atoms with van der Waals surface area (Å²) in [5, 5.41) is 21.0. The van der Waals surface area contributed by atoms with Crippen LogP contribution in [0, 0.1) is 11.8 Å². The average Bonchev–Trinajstić information content (AvgIpc) is 2.72. The molecule has 0 heterocycles. The van der Waals surface area contributed by atoms with Gasteiger partial charge in [0.1, 0.15) is 0 Å². The van der Waals surface area contributed by atoms with Crippen molar-refractivity contribution in [2.75, 3.05) is 13.1 Å². The highest BCUT2D eigenvalue weighted by atomic mass is 16.4. The highest BCUT2D eigenvalue weighted by molar-refractivity contribution is 5.79. The van der Waals surface area contributed by atoms with Gasteiger partial charge in [0.05, 0.1) is 12.0 Å². The van der Waals surface area contributed by atoms with Gasteiger partial charge in [0.25, 0.3) is 0 Å². The Bertz CT molecular complexity index is 317. The van der Waals surface area contributed by atoms with Crippen LogP contribution < -0.4 is 11.1 Å². The Hall–Kier alpha value is -1.14. The summed E-state index contributed by atoms with van der Waals surface area (Å²) in [5.41, 5.74) is 4.18. The van der Waals surface area contributed by atoms with Crippen molar-refractivity contribution in [2.24, 2.45) is 17.6 Å². The smallest absolute Gasteiger partial charge is 0.306 e. The Morgan fingerprint density at radius 2 is 2.11 bits per heavy atom. The highest BCUT2D eigenvalue weighted by Crippen LogP contribution is 2.31. The summed E-state index contributed by atoms with van der Waals surface area (Å²) >= 11 is 0. The van der Waals surface area contributed by atoms with Crippen LogP contribution in [0.15, 0.2) is 0 Å². The molecule has 0 bridgehead atoms. The molecule has 0 saturated heterocycles. The molecule has 6 heteroatoms. The van der Waals surface area contributed by atoms with E-state index in [1.54, 1.807) is 0 Å². The van der Waals surface area contributed by atoms with Crippen molar-refractivity contribution >= 4 is 11.9 Å². The largest absolute Gasteiger partial charge is 0.481 e. The van der Waals surface area contributed by atoms with Gasteiger partial charge in [-0.1, -0.05) is 6.42 Å². The Balaban J connectivity index is 2.43. The summed E-state index contributed by atoms with van der Waals surface area (Å²) in [6.07, 6.45) is 2.37. The topological polar surface area (TPSA) is 113 Å². The van der Waals surface area contributed by atoms with E-state index >= 15 is 0 Å². The Morgan fingerprint density at radius 3 is 2.67 bits per heavy atom. The lowest BCUT2D eigenvalue weighted by Crippen LogP contribution is -2.45. The van der Waals surface area contributed by atoms with Gasteiger partial charge in [0.15, 0.2) is 0 Å². The summed E-state index contributed by atoms with van der Waals surface area (Å²) in [6, 6.07) is 0. The molecule has 1 amide bonds. The first-order valence-electron chi connectivity index (χ1n) is 6.27. The minimum absolute atomic E-state index is 0.0497. The van der Waals surface area contributed by atoms with Gasteiger partial charge in [0.2, 0.25) is 5.91 Å². The molecule has 0 radical (unpaired) electrons. The molecular weight excluding hydrogens is 236 g/mol. The number of nitrogens with two attached hydrogens (primary N) is 1. The molecular formula is C12H22N2O4. The van der Waals surface area contributed by atoms with Crippen molar-refractivity contribution in [1.29, 1.82) is 0 Å². The van der Waals surface area contributed by atoms with E-state index in [1.807, 2.05) is 0 Å². The third kappa shape index (κ3) is 4.27. The fourth-order valence-electron chi connectivity index (χ4n) is 2.46. The van der Waals surface area contributed by atoms with Crippen molar-refractivity contribution < 1.29 is 19.8 Å². The van der Waals surface area contributed by atoms with E-state index in [1.165, 1.54) is 6.92 Å². The van der Waals surface area contributed by atoms with Crippen LogP contribution in [0.4, 0.5) is 0 Å². The molecule has 1 fully saturated rings. The number of rotatable bonds is 6. The monoisotopic (exact) mass is 258 g/mol. The van der Waals surface area contributed by atoms with Crippen molar-refractivity contribution in [3.05, 3.63) is 0 Å². The molecule has 5 N–H and O–H groups in total. The molecule has 0 aliphatic heterocycles. The third-order valence-electron chi connectivity index (χ3n) is 3.47. The molecule has 104 valence electrons. The number of carboxylic acid groups (broad SMARTS) is 1. The van der Waals surface area contributed by atoms with E-state index in [4.69, 9.17) is 10.8 Å². The second-order valence-corrected chi connectivity index (χ2v) is 5.32. The summed E-state index contributed by atoms with van der Waals surface area (Å²) in [6.45, 7) is 1.84. The van der Waals surface area contributed by atoms with E-state index in [0.29, 0.717) is 6.54 Å². The van der Waals surface area contributed by atoms with E-state index in [2.05, 4.69) is 5.32 Å². The van der Waals surface area contributed by atoms with Gasteiger partial charge in [-0.15, -0.1) is 0 Å². The number of hydrogen-bond donors (Lipinski definition) is 4. The van der Waals surface area contributed by atoms with Crippen molar-refractivity contribution in [1.82, 2.24) is 5.32 Å². The standard InChI is InChI=1S/C12H22N2O4/c1-12(18,5-10(15)16)7-14-11(17)9-4-2-3-8(9)6-13/h8-9,18H,2-7,13H2,1H3,(H,14,17)(H,15,16). The number of aliphatic carboxylic acids is 1. The van der Waals surface area contributed by atoms with E-state index in [9.17, 15) is 14.7 Å². The number of carbonyl (C=O) groups is 2. The molecule has 1 aliphatic rings. The fourth-order valence-corrected chi connectivity index (χ4v) is 2.46. The van der Waals surface area contributed by atoms with E-state index in [-0.39, 0.29) is 24.3 Å². The molecule has 0 aromatic rings. The van der Waals surface area contributed by atoms with Gasteiger partial charge in [-0.3, -0.25) is 9.59 Å². The van der Waals surface area contributed by atoms with Crippen molar-refractivity contribution in [3.8, 4) is 0 Å². The van der Waals surface area contributed by atoms with Crippen LogP contribution in [0.2, 0.25) is 0 Å². The van der Waals surface area contributed by atoms with Crippen LogP contribution >= 0.6 is 0 Å². The molecule has 0 spiro atoms. The maximum atomic E-state index is 11.9. The van der Waals surface area contributed by atoms with Crippen molar-refractivity contribution in [2.45, 2.75) is 38.2 Å². The number of hydrogen-bond acceptors (Lipinski definition) is 4. The van der Waals surface area contributed by atoms with E-state index in [0.717, 1.165) is 19.3 Å². The lowest BCUT2D eigenvalue weighted by molar-refractivity contribution is -0.142. The van der Waals surface area contributed by atoms with Gasteiger partial charge in [-0.2, -0.15) is 0 Å². The number of aliphatic hydroxyl groups is 1. The Labute approximate surface area is 107 Å². The molecule has 18 heavy (non-hydrogen) atoms. The molecule has 0 aromatic carbocycles. The molecule has 1 rings (SSSR count). The quantitative estimate of drug-likeness (QED) is 0.522. The maximum Gasteiger partial charge on any atom is 0.306 e. The average molecular weight is 258 g/mol. The lowest BCUT2D eigenvalue weighted by Gasteiger charge is -2.24. The number of amides is 1. The predicted octanol–water partition coefficient (Wildman–Crippen LogP) is -0.297. The normalized spacial score (nSPS) is 26.6. The summed E-state index contributed by atoms with van der Waals surface area (Å²) in [5.74, 6) is -1.12. The third-order valence-corrected chi connectivity index (χ3v) is 3.47. The fraction of sp³-hybridized carbons (Fsp3) is 0.833. The van der Waals surface area contributed by atoms with Crippen LogP contribution in [0.25, 0.3) is 0 Å². The number of carboxylic acids is 1. The minimum Gasteiger partial charge on any atom is -0.481 e.